The molecule has 1 aliphatic rings. The van der Waals surface area contributed by atoms with Crippen LogP contribution in [0.3, 0.4) is 0 Å². The molecule has 0 saturated carbocycles. The van der Waals surface area contributed by atoms with E-state index in [1.54, 1.807) is 0 Å². The van der Waals surface area contributed by atoms with Crippen LogP contribution < -0.4 is 15.4 Å². The molecule has 2 rings (SSSR count). The average Bonchev–Trinajstić information content (AvgIpc) is 2.51. The van der Waals surface area contributed by atoms with Crippen molar-refractivity contribution in [2.75, 3.05) is 43.9 Å². The molecule has 0 aliphatic carbocycles. The molecule has 0 spiro atoms. The van der Waals surface area contributed by atoms with Crippen molar-refractivity contribution < 1.29 is 4.74 Å². The highest BCUT2D eigenvalue weighted by Crippen LogP contribution is 2.21. The van der Waals surface area contributed by atoms with Crippen LogP contribution in [-0.2, 0) is 0 Å². The number of anilines is 2. The monoisotopic (exact) mass is 294 g/mol. The van der Waals surface area contributed by atoms with Gasteiger partial charge in [0.15, 0.2) is 0 Å². The third-order valence-electron chi connectivity index (χ3n) is 3.92. The molecule has 0 bridgehead atoms. The molecule has 1 aromatic rings. The number of nitrogen functional groups attached to an aromatic ring is 1. The number of hydrogen-bond donors (Lipinski definition) is 1. The van der Waals surface area contributed by atoms with E-state index >= 15 is 0 Å². The van der Waals surface area contributed by atoms with Gasteiger partial charge in [-0.15, -0.1) is 0 Å². The third-order valence-corrected chi connectivity index (χ3v) is 3.92. The summed E-state index contributed by atoms with van der Waals surface area (Å²) < 4.78 is 5.47. The minimum absolute atomic E-state index is 0.212. The van der Waals surface area contributed by atoms with Crippen molar-refractivity contribution in [3.05, 3.63) is 0 Å². The summed E-state index contributed by atoms with van der Waals surface area (Å²) in [4.78, 5) is 17.2. The lowest BCUT2D eigenvalue weighted by molar-refractivity contribution is 0.220. The quantitative estimate of drug-likeness (QED) is 0.843. The van der Waals surface area contributed by atoms with Crippen molar-refractivity contribution in [3.8, 4) is 6.01 Å². The summed E-state index contributed by atoms with van der Waals surface area (Å²) >= 11 is 0. The van der Waals surface area contributed by atoms with Gasteiger partial charge < -0.3 is 20.3 Å². The number of piperidine rings is 1. The molecule has 1 aromatic heterocycles. The van der Waals surface area contributed by atoms with Crippen molar-refractivity contribution in [2.45, 2.75) is 39.2 Å². The van der Waals surface area contributed by atoms with Crippen LogP contribution in [0.5, 0.6) is 6.01 Å². The maximum atomic E-state index is 5.76. The van der Waals surface area contributed by atoms with Crippen LogP contribution in [0.2, 0.25) is 0 Å². The Morgan fingerprint density at radius 1 is 1.24 bits per heavy atom. The smallest absolute Gasteiger partial charge is 0.323 e. The number of nitrogens with two attached hydrogens (primary N) is 1. The summed E-state index contributed by atoms with van der Waals surface area (Å²) in [5.41, 5.74) is 5.76. The Kier molecular flexibility index (Phi) is 5.55. The minimum atomic E-state index is 0.212. The molecular formula is C14H26N6O. The Morgan fingerprint density at radius 3 is 2.57 bits per heavy atom. The molecule has 0 aromatic carbocycles. The van der Waals surface area contributed by atoms with E-state index < -0.39 is 0 Å². The number of likely N-dealkylation sites (tertiary alicyclic amines) is 1. The fraction of sp³-hybridized carbons (Fsp3) is 0.786. The fourth-order valence-electron chi connectivity index (χ4n) is 2.56. The summed E-state index contributed by atoms with van der Waals surface area (Å²) in [6.45, 7) is 8.18. The number of ether oxygens (including phenoxy) is 1. The molecule has 1 saturated heterocycles. The van der Waals surface area contributed by atoms with E-state index in [1.165, 1.54) is 0 Å². The van der Waals surface area contributed by atoms with Crippen molar-refractivity contribution >= 4 is 11.9 Å². The van der Waals surface area contributed by atoms with Crippen molar-refractivity contribution in [3.63, 3.8) is 0 Å². The lowest BCUT2D eigenvalue weighted by Gasteiger charge is -2.36. The standard InChI is InChI=1S/C14H26N6O/c1-4-10-21-14-17-12(15)16-13(18-14)19(3)11-6-8-20(5-2)9-7-11/h11H,4-10H2,1-3H3,(H2,15,16,17,18). The van der Waals surface area contributed by atoms with Crippen LogP contribution in [0.4, 0.5) is 11.9 Å². The summed E-state index contributed by atoms with van der Waals surface area (Å²) in [7, 11) is 2.02. The first kappa shape index (κ1) is 15.8. The molecule has 1 aliphatic heterocycles. The van der Waals surface area contributed by atoms with Gasteiger partial charge in [0.1, 0.15) is 0 Å². The van der Waals surface area contributed by atoms with Gasteiger partial charge >= 0.3 is 6.01 Å². The molecule has 0 radical (unpaired) electrons. The molecule has 0 amide bonds. The highest BCUT2D eigenvalue weighted by molar-refractivity contribution is 5.36. The number of rotatable bonds is 6. The van der Waals surface area contributed by atoms with Gasteiger partial charge in [0.25, 0.3) is 0 Å². The predicted octanol–water partition coefficient (Wildman–Crippen LogP) is 1.16. The first-order valence-corrected chi connectivity index (χ1v) is 7.73. The van der Waals surface area contributed by atoms with Gasteiger partial charge in [-0.2, -0.15) is 15.0 Å². The van der Waals surface area contributed by atoms with E-state index in [1.807, 2.05) is 14.0 Å². The molecular weight excluding hydrogens is 268 g/mol. The molecule has 118 valence electrons. The Morgan fingerprint density at radius 2 is 1.95 bits per heavy atom. The highest BCUT2D eigenvalue weighted by atomic mass is 16.5. The first-order chi connectivity index (χ1) is 10.1. The second-order valence-corrected chi connectivity index (χ2v) is 5.40. The van der Waals surface area contributed by atoms with Crippen LogP contribution in [-0.4, -0.2) is 59.2 Å². The largest absolute Gasteiger partial charge is 0.463 e. The maximum Gasteiger partial charge on any atom is 0.323 e. The van der Waals surface area contributed by atoms with Crippen molar-refractivity contribution in [1.82, 2.24) is 19.9 Å². The predicted molar refractivity (Wildman–Crippen MR) is 83.6 cm³/mol. The van der Waals surface area contributed by atoms with Gasteiger partial charge in [0, 0.05) is 26.2 Å². The normalized spacial score (nSPS) is 16.9. The van der Waals surface area contributed by atoms with Crippen LogP contribution >= 0.6 is 0 Å². The summed E-state index contributed by atoms with van der Waals surface area (Å²) in [6.07, 6.45) is 3.13. The number of aromatic nitrogens is 3. The van der Waals surface area contributed by atoms with Crippen molar-refractivity contribution in [1.29, 1.82) is 0 Å². The van der Waals surface area contributed by atoms with E-state index in [0.29, 0.717) is 24.6 Å². The minimum Gasteiger partial charge on any atom is -0.463 e. The first-order valence-electron chi connectivity index (χ1n) is 7.73. The zero-order chi connectivity index (χ0) is 15.2. The molecule has 7 heteroatoms. The zero-order valence-corrected chi connectivity index (χ0v) is 13.2. The number of hydrogen-bond acceptors (Lipinski definition) is 7. The van der Waals surface area contributed by atoms with Crippen molar-refractivity contribution in [2.24, 2.45) is 0 Å². The molecule has 7 nitrogen and oxygen atoms in total. The molecule has 1 fully saturated rings. The summed E-state index contributed by atoms with van der Waals surface area (Å²) in [6, 6.07) is 0.755. The average molecular weight is 294 g/mol. The van der Waals surface area contributed by atoms with Gasteiger partial charge in [0.2, 0.25) is 11.9 Å². The van der Waals surface area contributed by atoms with Gasteiger partial charge in [0.05, 0.1) is 6.61 Å². The topological polar surface area (TPSA) is 80.4 Å². The Labute approximate surface area is 126 Å². The molecule has 2 N–H and O–H groups in total. The van der Waals surface area contributed by atoms with E-state index in [9.17, 15) is 0 Å². The van der Waals surface area contributed by atoms with Crippen LogP contribution in [0.1, 0.15) is 33.1 Å². The lowest BCUT2D eigenvalue weighted by atomic mass is 10.0. The second-order valence-electron chi connectivity index (χ2n) is 5.40. The zero-order valence-electron chi connectivity index (χ0n) is 13.2. The van der Waals surface area contributed by atoms with E-state index in [4.69, 9.17) is 10.5 Å². The van der Waals surface area contributed by atoms with Gasteiger partial charge in [-0.3, -0.25) is 0 Å². The fourth-order valence-corrected chi connectivity index (χ4v) is 2.56. The summed E-state index contributed by atoms with van der Waals surface area (Å²) in [5, 5.41) is 0. The van der Waals surface area contributed by atoms with Gasteiger partial charge in [-0.25, -0.2) is 0 Å². The molecule has 0 unspecified atom stereocenters. The Bertz CT molecular complexity index is 447. The second kappa shape index (κ2) is 7.40. The Balaban J connectivity index is 2.04. The molecule has 21 heavy (non-hydrogen) atoms. The van der Waals surface area contributed by atoms with Crippen LogP contribution in [0, 0.1) is 0 Å². The number of nitrogens with zero attached hydrogens (tertiary/aromatic N) is 5. The van der Waals surface area contributed by atoms with Crippen LogP contribution in [0.15, 0.2) is 0 Å². The molecule has 2 heterocycles. The summed E-state index contributed by atoms with van der Waals surface area (Å²) in [5.74, 6) is 0.812. The van der Waals surface area contributed by atoms with E-state index in [2.05, 4.69) is 31.7 Å². The maximum absolute atomic E-state index is 5.76. The Hall–Kier alpha value is -1.63. The third kappa shape index (κ3) is 4.17. The lowest BCUT2D eigenvalue weighted by Crippen LogP contribution is -2.44. The SMILES string of the molecule is CCCOc1nc(N)nc(N(C)C2CCN(CC)CC2)n1. The molecule has 0 atom stereocenters. The van der Waals surface area contributed by atoms with E-state index in [-0.39, 0.29) is 5.95 Å². The van der Waals surface area contributed by atoms with Gasteiger partial charge in [-0.1, -0.05) is 13.8 Å². The van der Waals surface area contributed by atoms with Gasteiger partial charge in [-0.05, 0) is 25.8 Å². The highest BCUT2D eigenvalue weighted by Gasteiger charge is 2.24. The van der Waals surface area contributed by atoms with E-state index in [0.717, 1.165) is 38.9 Å². The van der Waals surface area contributed by atoms with Crippen LogP contribution in [0.25, 0.3) is 0 Å².